The second kappa shape index (κ2) is 10.6. The number of carbonyl (C=O) groups is 1. The first-order valence-electron chi connectivity index (χ1n) is 11.9. The van der Waals surface area contributed by atoms with Crippen LogP contribution < -0.4 is 24.4 Å². The SMILES string of the molecule is CCOC(=O)C1=C(C)N=c2s/c(=C/c3cc(OC)c(O)c(OC)c3)c(=O)n2[C@H]1c1ccc(C(C)C)cc1. The summed E-state index contributed by atoms with van der Waals surface area (Å²) in [5.74, 6) is 0.174. The van der Waals surface area contributed by atoms with E-state index in [4.69, 9.17) is 14.2 Å². The van der Waals surface area contributed by atoms with Crippen LogP contribution in [0.1, 0.15) is 56.3 Å². The quantitative estimate of drug-likeness (QED) is 0.476. The zero-order valence-corrected chi connectivity index (χ0v) is 22.5. The van der Waals surface area contributed by atoms with Crippen molar-refractivity contribution in [3.63, 3.8) is 0 Å². The molecule has 1 aliphatic heterocycles. The van der Waals surface area contributed by atoms with Crippen LogP contribution in [0.25, 0.3) is 6.08 Å². The highest BCUT2D eigenvalue weighted by molar-refractivity contribution is 7.07. The number of methoxy groups -OCH3 is 2. The van der Waals surface area contributed by atoms with Gasteiger partial charge in [0.2, 0.25) is 5.75 Å². The van der Waals surface area contributed by atoms with E-state index in [0.29, 0.717) is 32.1 Å². The molecule has 1 aromatic heterocycles. The number of ether oxygens (including phenoxy) is 3. The fourth-order valence-electron chi connectivity index (χ4n) is 4.32. The van der Waals surface area contributed by atoms with Gasteiger partial charge in [-0.05, 0) is 54.7 Å². The number of hydrogen-bond donors (Lipinski definition) is 1. The van der Waals surface area contributed by atoms with Crippen molar-refractivity contribution in [2.45, 2.75) is 39.7 Å². The molecule has 8 nitrogen and oxygen atoms in total. The van der Waals surface area contributed by atoms with Crippen molar-refractivity contribution in [3.05, 3.63) is 84.0 Å². The van der Waals surface area contributed by atoms with Crippen LogP contribution in [0.3, 0.4) is 0 Å². The van der Waals surface area contributed by atoms with Gasteiger partial charge >= 0.3 is 5.97 Å². The molecule has 0 saturated carbocycles. The first kappa shape index (κ1) is 26.2. The molecule has 0 saturated heterocycles. The summed E-state index contributed by atoms with van der Waals surface area (Å²) >= 11 is 1.22. The molecular weight excluding hydrogens is 492 g/mol. The van der Waals surface area contributed by atoms with E-state index >= 15 is 0 Å². The van der Waals surface area contributed by atoms with Gasteiger partial charge in [0.15, 0.2) is 16.3 Å². The average molecular weight is 523 g/mol. The summed E-state index contributed by atoms with van der Waals surface area (Å²) in [6.45, 7) is 7.94. The molecule has 0 aliphatic carbocycles. The molecule has 4 rings (SSSR count). The van der Waals surface area contributed by atoms with Crippen molar-refractivity contribution in [1.29, 1.82) is 0 Å². The van der Waals surface area contributed by atoms with Crippen LogP contribution in [-0.2, 0) is 9.53 Å². The number of thiazole rings is 1. The normalized spacial score (nSPS) is 15.4. The van der Waals surface area contributed by atoms with Crippen LogP contribution >= 0.6 is 11.3 Å². The van der Waals surface area contributed by atoms with Crippen LogP contribution in [0.2, 0.25) is 0 Å². The number of hydrogen-bond acceptors (Lipinski definition) is 8. The molecule has 37 heavy (non-hydrogen) atoms. The summed E-state index contributed by atoms with van der Waals surface area (Å²) in [7, 11) is 2.88. The van der Waals surface area contributed by atoms with Crippen molar-refractivity contribution in [3.8, 4) is 17.2 Å². The molecule has 0 spiro atoms. The third kappa shape index (κ3) is 4.91. The van der Waals surface area contributed by atoms with E-state index in [1.165, 1.54) is 25.6 Å². The Balaban J connectivity index is 1.94. The van der Waals surface area contributed by atoms with Gasteiger partial charge in [0.05, 0.1) is 42.7 Å². The van der Waals surface area contributed by atoms with Gasteiger partial charge in [0.1, 0.15) is 0 Å². The number of esters is 1. The van der Waals surface area contributed by atoms with Crippen molar-refractivity contribution in [2.24, 2.45) is 4.99 Å². The summed E-state index contributed by atoms with van der Waals surface area (Å²) in [5, 5.41) is 10.2. The monoisotopic (exact) mass is 522 g/mol. The van der Waals surface area contributed by atoms with Gasteiger partial charge in [-0.3, -0.25) is 9.36 Å². The lowest BCUT2D eigenvalue weighted by atomic mass is 9.93. The molecule has 0 amide bonds. The van der Waals surface area contributed by atoms with Gasteiger partial charge < -0.3 is 19.3 Å². The number of phenolic OH excluding ortho intramolecular Hbond substituents is 1. The van der Waals surface area contributed by atoms with Crippen molar-refractivity contribution < 1.29 is 24.1 Å². The Morgan fingerprint density at radius 3 is 2.32 bits per heavy atom. The summed E-state index contributed by atoms with van der Waals surface area (Å²) in [6.07, 6.45) is 1.69. The number of aromatic nitrogens is 1. The smallest absolute Gasteiger partial charge is 0.338 e. The molecule has 2 aromatic carbocycles. The number of nitrogens with zero attached hydrogens (tertiary/aromatic N) is 2. The van der Waals surface area contributed by atoms with E-state index in [1.54, 1.807) is 36.6 Å². The predicted octanol–water partition coefficient (Wildman–Crippen LogP) is 3.64. The van der Waals surface area contributed by atoms with Gasteiger partial charge in [-0.15, -0.1) is 0 Å². The lowest BCUT2D eigenvalue weighted by Crippen LogP contribution is -2.39. The lowest BCUT2D eigenvalue weighted by Gasteiger charge is -2.25. The molecule has 1 aliphatic rings. The summed E-state index contributed by atoms with van der Waals surface area (Å²) in [5.41, 5.74) is 3.12. The van der Waals surface area contributed by atoms with Crippen LogP contribution in [0.4, 0.5) is 0 Å². The number of aromatic hydroxyl groups is 1. The van der Waals surface area contributed by atoms with Gasteiger partial charge in [-0.2, -0.15) is 0 Å². The van der Waals surface area contributed by atoms with E-state index < -0.39 is 12.0 Å². The molecule has 0 unspecified atom stereocenters. The zero-order chi connectivity index (χ0) is 26.9. The Bertz CT molecular complexity index is 1520. The highest BCUT2D eigenvalue weighted by atomic mass is 32.1. The maximum Gasteiger partial charge on any atom is 0.338 e. The molecule has 2 heterocycles. The van der Waals surface area contributed by atoms with Gasteiger partial charge in [0.25, 0.3) is 5.56 Å². The minimum absolute atomic E-state index is 0.122. The first-order chi connectivity index (χ1) is 17.7. The molecule has 0 fully saturated rings. The number of fused-ring (bicyclic) bond motifs is 1. The Labute approximate surface area is 218 Å². The molecule has 1 N–H and O–H groups in total. The fraction of sp³-hybridized carbons (Fsp3) is 0.321. The fourth-order valence-corrected chi connectivity index (χ4v) is 5.37. The molecule has 3 aromatic rings. The molecule has 194 valence electrons. The summed E-state index contributed by atoms with van der Waals surface area (Å²) in [4.78, 5) is 31.9. The molecule has 0 radical (unpaired) electrons. The number of benzene rings is 2. The third-order valence-corrected chi connectivity index (χ3v) is 7.22. The number of phenols is 1. The van der Waals surface area contributed by atoms with Crippen molar-refractivity contribution in [2.75, 3.05) is 20.8 Å². The van der Waals surface area contributed by atoms with Gasteiger partial charge in [0, 0.05) is 0 Å². The molecule has 0 bridgehead atoms. The largest absolute Gasteiger partial charge is 0.502 e. The Hall–Kier alpha value is -3.85. The molecule has 1 atom stereocenters. The Morgan fingerprint density at radius 1 is 1.16 bits per heavy atom. The highest BCUT2D eigenvalue weighted by Gasteiger charge is 2.33. The maximum atomic E-state index is 13.8. The van der Waals surface area contributed by atoms with E-state index in [2.05, 4.69) is 18.8 Å². The average Bonchev–Trinajstić information content (AvgIpc) is 3.18. The van der Waals surface area contributed by atoms with Crippen LogP contribution in [0.15, 0.2) is 57.5 Å². The first-order valence-corrected chi connectivity index (χ1v) is 12.8. The Morgan fingerprint density at radius 2 is 1.78 bits per heavy atom. The lowest BCUT2D eigenvalue weighted by molar-refractivity contribution is -0.139. The zero-order valence-electron chi connectivity index (χ0n) is 21.7. The second-order valence-corrected chi connectivity index (χ2v) is 9.91. The minimum atomic E-state index is -0.678. The number of carbonyl (C=O) groups excluding carboxylic acids is 1. The minimum Gasteiger partial charge on any atom is -0.502 e. The summed E-state index contributed by atoms with van der Waals surface area (Å²) in [6, 6.07) is 10.5. The number of rotatable bonds is 7. The van der Waals surface area contributed by atoms with E-state index in [9.17, 15) is 14.7 Å². The topological polar surface area (TPSA) is 99.4 Å². The predicted molar refractivity (Wildman–Crippen MR) is 142 cm³/mol. The van der Waals surface area contributed by atoms with Gasteiger partial charge in [-0.25, -0.2) is 9.79 Å². The van der Waals surface area contributed by atoms with E-state index in [1.807, 2.05) is 24.3 Å². The van der Waals surface area contributed by atoms with Gasteiger partial charge in [-0.1, -0.05) is 49.4 Å². The Kier molecular flexibility index (Phi) is 7.54. The third-order valence-electron chi connectivity index (χ3n) is 6.24. The van der Waals surface area contributed by atoms with E-state index in [0.717, 1.165) is 11.1 Å². The van der Waals surface area contributed by atoms with E-state index in [-0.39, 0.29) is 29.4 Å². The van der Waals surface area contributed by atoms with Crippen LogP contribution in [0.5, 0.6) is 17.2 Å². The summed E-state index contributed by atoms with van der Waals surface area (Å²) < 4.78 is 17.8. The molecular formula is C28H30N2O6S. The highest BCUT2D eigenvalue weighted by Crippen LogP contribution is 2.37. The van der Waals surface area contributed by atoms with Crippen molar-refractivity contribution >= 4 is 23.4 Å². The van der Waals surface area contributed by atoms with Crippen molar-refractivity contribution in [1.82, 2.24) is 4.57 Å². The molecule has 9 heteroatoms. The van der Waals surface area contributed by atoms with Crippen LogP contribution in [-0.4, -0.2) is 36.5 Å². The van der Waals surface area contributed by atoms with Crippen LogP contribution in [0, 0.1) is 0 Å². The number of allylic oxidation sites excluding steroid dienone is 1. The second-order valence-electron chi connectivity index (χ2n) is 8.90. The standard InChI is InChI=1S/C28H30N2O6S/c1-7-36-27(33)23-16(4)29-28-30(24(23)19-10-8-18(9-11-19)15(2)3)26(32)22(37-28)14-17-12-20(34-5)25(31)21(13-17)35-6/h8-15,24,31H,7H2,1-6H3/b22-14+/t24-/m0/s1. The maximum absolute atomic E-state index is 13.8.